The lowest BCUT2D eigenvalue weighted by atomic mass is 9.93. The molecule has 0 aromatic carbocycles. The van der Waals surface area contributed by atoms with Crippen LogP contribution in [0, 0.1) is 5.92 Å². The van der Waals surface area contributed by atoms with Crippen molar-refractivity contribution in [3.8, 4) is 0 Å². The molecule has 1 saturated heterocycles. The summed E-state index contributed by atoms with van der Waals surface area (Å²) in [6.07, 6.45) is 6.28. The van der Waals surface area contributed by atoms with Crippen molar-refractivity contribution in [1.82, 2.24) is 0 Å². The Labute approximate surface area is 141 Å². The molecule has 0 amide bonds. The first-order valence-corrected chi connectivity index (χ1v) is 8.74. The summed E-state index contributed by atoms with van der Waals surface area (Å²) in [7, 11) is 1.77. The lowest BCUT2D eigenvalue weighted by molar-refractivity contribution is -0.141. The Morgan fingerprint density at radius 2 is 1.96 bits per heavy atom. The molecule has 3 atom stereocenters. The van der Waals surface area contributed by atoms with E-state index < -0.39 is 0 Å². The minimum Gasteiger partial charge on any atom is -0.460 e. The highest BCUT2D eigenvalue weighted by molar-refractivity contribution is 5.83. The summed E-state index contributed by atoms with van der Waals surface area (Å²) in [6.45, 7) is 12.2. The Bertz CT molecular complexity index is 412. The molecule has 1 fully saturated rings. The van der Waals surface area contributed by atoms with Crippen LogP contribution < -0.4 is 0 Å². The van der Waals surface area contributed by atoms with Crippen molar-refractivity contribution in [2.24, 2.45) is 5.92 Å². The van der Waals surface area contributed by atoms with Gasteiger partial charge in [-0.15, -0.1) is 0 Å². The van der Waals surface area contributed by atoms with E-state index in [1.807, 2.05) is 20.8 Å². The quantitative estimate of drug-likeness (QED) is 0.342. The highest BCUT2D eigenvalue weighted by Crippen LogP contribution is 2.35. The summed E-state index contributed by atoms with van der Waals surface area (Å²) in [5.74, 6) is 0.342. The van der Waals surface area contributed by atoms with Crippen LogP contribution in [0.3, 0.4) is 0 Å². The Balaban J connectivity index is 2.27. The molecular formula is C19H34O4. The number of esters is 1. The van der Waals surface area contributed by atoms with Crippen LogP contribution in [-0.4, -0.2) is 37.0 Å². The first-order chi connectivity index (χ1) is 10.6. The van der Waals surface area contributed by atoms with Crippen molar-refractivity contribution < 1.29 is 19.0 Å². The molecule has 1 heterocycles. The van der Waals surface area contributed by atoms with Gasteiger partial charge in [-0.2, -0.15) is 0 Å². The van der Waals surface area contributed by atoms with E-state index in [1.165, 1.54) is 6.42 Å². The highest BCUT2D eigenvalue weighted by atomic mass is 16.6. The monoisotopic (exact) mass is 326 g/mol. The molecule has 4 heteroatoms. The van der Waals surface area contributed by atoms with Gasteiger partial charge < -0.3 is 14.2 Å². The van der Waals surface area contributed by atoms with Crippen LogP contribution in [-0.2, 0) is 19.0 Å². The number of carbonyl (C=O) groups excluding carboxylic acids is 1. The summed E-state index contributed by atoms with van der Waals surface area (Å²) >= 11 is 0. The van der Waals surface area contributed by atoms with E-state index in [0.717, 1.165) is 24.8 Å². The molecule has 23 heavy (non-hydrogen) atoms. The van der Waals surface area contributed by atoms with Gasteiger partial charge in [-0.3, -0.25) is 0 Å². The molecule has 1 aliphatic rings. The fourth-order valence-electron chi connectivity index (χ4n) is 2.75. The van der Waals surface area contributed by atoms with Gasteiger partial charge in [-0.1, -0.05) is 19.8 Å². The maximum absolute atomic E-state index is 11.6. The third-order valence-electron chi connectivity index (χ3n) is 4.39. The molecular weight excluding hydrogens is 292 g/mol. The average Bonchev–Trinajstić information content (AvgIpc) is 3.16. The van der Waals surface area contributed by atoms with Crippen LogP contribution in [0.4, 0.5) is 0 Å². The van der Waals surface area contributed by atoms with Gasteiger partial charge in [-0.25, -0.2) is 4.79 Å². The summed E-state index contributed by atoms with van der Waals surface area (Å²) in [4.78, 5) is 11.6. The minimum absolute atomic E-state index is 0.0333. The second-order valence-corrected chi connectivity index (χ2v) is 7.67. The van der Waals surface area contributed by atoms with E-state index in [9.17, 15) is 4.79 Å². The molecule has 0 N–H and O–H groups in total. The molecule has 1 rings (SSSR count). The minimum atomic E-state index is -0.276. The lowest BCUT2D eigenvalue weighted by Crippen LogP contribution is -2.22. The van der Waals surface area contributed by atoms with Crippen LogP contribution in [0.2, 0.25) is 0 Å². The smallest absolute Gasteiger partial charge is 0.331 e. The van der Waals surface area contributed by atoms with Gasteiger partial charge in [0.2, 0.25) is 0 Å². The van der Waals surface area contributed by atoms with Crippen LogP contribution in [0.15, 0.2) is 11.6 Å². The Hall–Kier alpha value is -0.870. The van der Waals surface area contributed by atoms with Crippen LogP contribution in [0.1, 0.15) is 67.2 Å². The van der Waals surface area contributed by atoms with Gasteiger partial charge in [0.05, 0.1) is 17.8 Å². The van der Waals surface area contributed by atoms with Gasteiger partial charge in [0.25, 0.3) is 0 Å². The Morgan fingerprint density at radius 1 is 1.30 bits per heavy atom. The van der Waals surface area contributed by atoms with Gasteiger partial charge in [-0.05, 0) is 59.0 Å². The van der Waals surface area contributed by atoms with Gasteiger partial charge in [0.1, 0.15) is 6.10 Å². The third kappa shape index (κ3) is 7.98. The van der Waals surface area contributed by atoms with E-state index in [-0.39, 0.29) is 29.9 Å². The van der Waals surface area contributed by atoms with Crippen molar-refractivity contribution in [1.29, 1.82) is 0 Å². The second kappa shape index (κ2) is 8.84. The van der Waals surface area contributed by atoms with Crippen LogP contribution in [0.25, 0.3) is 0 Å². The molecule has 2 unspecified atom stereocenters. The average molecular weight is 326 g/mol. The van der Waals surface area contributed by atoms with Crippen molar-refractivity contribution in [3.05, 3.63) is 11.6 Å². The number of methoxy groups -OCH3 is 1. The fraction of sp³-hybridized carbons (Fsp3) is 0.842. The summed E-state index contributed by atoms with van der Waals surface area (Å²) < 4.78 is 16.3. The first-order valence-electron chi connectivity index (χ1n) is 8.74. The van der Waals surface area contributed by atoms with Gasteiger partial charge >= 0.3 is 5.97 Å². The number of epoxide rings is 1. The Morgan fingerprint density at radius 3 is 2.52 bits per heavy atom. The zero-order chi connectivity index (χ0) is 17.6. The standard InChI is InChI=1S/C19H34O4/c1-13(2)22-17(20)12-15(4)18-16(23-18)11-14(3)9-8-10-19(5,6)21-7/h12-14,16,18H,8-11H2,1-7H3/b15-12+/t14-,16?,18?/m0/s1. The summed E-state index contributed by atoms with van der Waals surface area (Å²) in [5.41, 5.74) is 0.933. The molecule has 0 radical (unpaired) electrons. The normalized spacial score (nSPS) is 23.0. The molecule has 0 aromatic rings. The van der Waals surface area contributed by atoms with Crippen molar-refractivity contribution >= 4 is 5.97 Å². The van der Waals surface area contributed by atoms with Crippen molar-refractivity contribution in [2.45, 2.75) is 91.1 Å². The zero-order valence-electron chi connectivity index (χ0n) is 15.8. The number of hydrogen-bond donors (Lipinski definition) is 0. The Kier molecular flexibility index (Phi) is 7.75. The maximum Gasteiger partial charge on any atom is 0.331 e. The molecule has 134 valence electrons. The van der Waals surface area contributed by atoms with E-state index >= 15 is 0 Å². The fourth-order valence-corrected chi connectivity index (χ4v) is 2.75. The van der Waals surface area contributed by atoms with Crippen LogP contribution in [0.5, 0.6) is 0 Å². The predicted octanol–water partition coefficient (Wildman–Crippen LogP) is 4.27. The van der Waals surface area contributed by atoms with Gasteiger partial charge in [0.15, 0.2) is 0 Å². The van der Waals surface area contributed by atoms with Crippen LogP contribution >= 0.6 is 0 Å². The maximum atomic E-state index is 11.6. The first kappa shape index (κ1) is 20.2. The third-order valence-corrected chi connectivity index (χ3v) is 4.39. The molecule has 0 aliphatic carbocycles. The zero-order valence-corrected chi connectivity index (χ0v) is 15.8. The molecule has 4 nitrogen and oxygen atoms in total. The largest absolute Gasteiger partial charge is 0.460 e. The van der Waals surface area contributed by atoms with E-state index in [2.05, 4.69) is 20.8 Å². The molecule has 0 bridgehead atoms. The number of rotatable bonds is 10. The summed E-state index contributed by atoms with van der Waals surface area (Å²) in [5, 5.41) is 0. The molecule has 0 spiro atoms. The van der Waals surface area contributed by atoms with Crippen molar-refractivity contribution in [2.75, 3.05) is 7.11 Å². The topological polar surface area (TPSA) is 48.1 Å². The second-order valence-electron chi connectivity index (χ2n) is 7.67. The molecule has 0 aromatic heterocycles. The lowest BCUT2D eigenvalue weighted by Gasteiger charge is -2.23. The van der Waals surface area contributed by atoms with E-state index in [4.69, 9.17) is 14.2 Å². The SMILES string of the molecule is COC(C)(C)CCC[C@H](C)CC1OC1/C(C)=C/C(=O)OC(C)C. The predicted molar refractivity (Wildman–Crippen MR) is 92.4 cm³/mol. The highest BCUT2D eigenvalue weighted by Gasteiger charge is 2.40. The number of hydrogen-bond acceptors (Lipinski definition) is 4. The van der Waals surface area contributed by atoms with Crippen molar-refractivity contribution in [3.63, 3.8) is 0 Å². The number of carbonyl (C=O) groups is 1. The van der Waals surface area contributed by atoms with E-state index in [1.54, 1.807) is 13.2 Å². The number of ether oxygens (including phenoxy) is 3. The van der Waals surface area contributed by atoms with E-state index in [0.29, 0.717) is 5.92 Å². The molecule has 0 saturated carbocycles. The van der Waals surface area contributed by atoms with Gasteiger partial charge in [0, 0.05) is 13.2 Å². The summed E-state index contributed by atoms with van der Waals surface area (Å²) in [6, 6.07) is 0. The molecule has 1 aliphatic heterocycles.